The highest BCUT2D eigenvalue weighted by Gasteiger charge is 2.25. The average Bonchev–Trinajstić information content (AvgIpc) is 2.71. The monoisotopic (exact) mass is 457 g/mol. The molecule has 0 fully saturated rings. The van der Waals surface area contributed by atoms with Crippen molar-refractivity contribution in [3.05, 3.63) is 40.9 Å². The smallest absolute Gasteiger partial charge is 0.328 e. The second kappa shape index (κ2) is 9.59. The van der Waals surface area contributed by atoms with E-state index in [4.69, 9.17) is 35.7 Å². The molecule has 0 bridgehead atoms. The summed E-state index contributed by atoms with van der Waals surface area (Å²) in [4.78, 5) is 10.5. The minimum atomic E-state index is -4.23. The van der Waals surface area contributed by atoms with Gasteiger partial charge in [0.05, 0.1) is 39.1 Å². The number of halogens is 1. The van der Waals surface area contributed by atoms with Gasteiger partial charge in [0.25, 0.3) is 10.0 Å². The number of ether oxygens (including phenoxy) is 4. The summed E-state index contributed by atoms with van der Waals surface area (Å²) >= 11 is 6.11. The zero-order valence-electron chi connectivity index (χ0n) is 16.6. The number of methoxy groups -OCH3 is 4. The summed E-state index contributed by atoms with van der Waals surface area (Å²) < 4.78 is 49.5. The summed E-state index contributed by atoms with van der Waals surface area (Å²) in [6, 6.07) is 5.47. The number of nitrogens with one attached hydrogen (secondary N) is 1. The van der Waals surface area contributed by atoms with E-state index >= 15 is 0 Å². The van der Waals surface area contributed by atoms with Crippen molar-refractivity contribution in [3.63, 3.8) is 0 Å². The maximum Gasteiger partial charge on any atom is 0.328 e. The second-order valence-corrected chi connectivity index (χ2v) is 7.78. The highest BCUT2D eigenvalue weighted by Crippen LogP contribution is 2.40. The van der Waals surface area contributed by atoms with Crippen LogP contribution in [-0.2, 0) is 14.8 Å². The Bertz CT molecular complexity index is 1080. The summed E-state index contributed by atoms with van der Waals surface area (Å²) in [5.74, 6) is -0.671. The van der Waals surface area contributed by atoms with Gasteiger partial charge in [0.1, 0.15) is 16.4 Å². The van der Waals surface area contributed by atoms with Gasteiger partial charge in [-0.25, -0.2) is 13.2 Å². The van der Waals surface area contributed by atoms with Gasteiger partial charge >= 0.3 is 5.97 Å². The van der Waals surface area contributed by atoms with Gasteiger partial charge in [-0.05, 0) is 29.8 Å². The van der Waals surface area contributed by atoms with Gasteiger partial charge in [-0.3, -0.25) is 4.72 Å². The van der Waals surface area contributed by atoms with Crippen molar-refractivity contribution in [1.29, 1.82) is 0 Å². The summed E-state index contributed by atoms with van der Waals surface area (Å²) in [5, 5.41) is 9.01. The molecular formula is C19H20ClNO8S. The standard InChI is InChI=1S/C19H20ClNO8S/c1-26-14-10-15(27-2)13(9-12(14)20)21-30(24,25)17-8-11(5-6-18(22)23)7-16(28-3)19(17)29-4/h5-10,21H,1-4H3,(H,22,23). The largest absolute Gasteiger partial charge is 0.495 e. The van der Waals surface area contributed by atoms with Gasteiger partial charge in [-0.1, -0.05) is 11.6 Å². The Morgan fingerprint density at radius 2 is 1.60 bits per heavy atom. The van der Waals surface area contributed by atoms with Crippen LogP contribution in [0.15, 0.2) is 35.2 Å². The third kappa shape index (κ3) is 5.08. The summed E-state index contributed by atoms with van der Waals surface area (Å²) in [6.07, 6.45) is 2.10. The number of hydrogen-bond acceptors (Lipinski definition) is 7. The van der Waals surface area contributed by atoms with Crippen molar-refractivity contribution in [2.24, 2.45) is 0 Å². The fourth-order valence-corrected chi connectivity index (χ4v) is 4.07. The summed E-state index contributed by atoms with van der Waals surface area (Å²) in [7, 11) is 1.16. The third-order valence-corrected chi connectivity index (χ3v) is 5.56. The van der Waals surface area contributed by atoms with Crippen LogP contribution in [0.5, 0.6) is 23.0 Å². The fraction of sp³-hybridized carbons (Fsp3) is 0.211. The van der Waals surface area contributed by atoms with E-state index in [1.165, 1.54) is 58.8 Å². The molecule has 0 aliphatic rings. The summed E-state index contributed by atoms with van der Waals surface area (Å²) in [5.41, 5.74) is 0.339. The van der Waals surface area contributed by atoms with Gasteiger partial charge in [0, 0.05) is 12.1 Å². The molecule has 0 saturated heterocycles. The summed E-state index contributed by atoms with van der Waals surface area (Å²) in [6.45, 7) is 0. The van der Waals surface area contributed by atoms with Gasteiger partial charge in [0.2, 0.25) is 0 Å². The van der Waals surface area contributed by atoms with Crippen LogP contribution < -0.4 is 23.7 Å². The maximum absolute atomic E-state index is 13.2. The normalized spacial score (nSPS) is 11.2. The first kappa shape index (κ1) is 23.2. The van der Waals surface area contributed by atoms with E-state index in [1.54, 1.807) is 0 Å². The molecule has 30 heavy (non-hydrogen) atoms. The van der Waals surface area contributed by atoms with E-state index in [2.05, 4.69) is 4.72 Å². The minimum Gasteiger partial charge on any atom is -0.495 e. The molecule has 0 aromatic heterocycles. The molecule has 0 saturated carbocycles. The molecule has 0 atom stereocenters. The first-order valence-corrected chi connectivity index (χ1v) is 10.1. The van der Waals surface area contributed by atoms with Crippen LogP contribution in [0.3, 0.4) is 0 Å². The molecule has 0 amide bonds. The van der Waals surface area contributed by atoms with Crippen molar-refractivity contribution in [2.45, 2.75) is 4.90 Å². The van der Waals surface area contributed by atoms with Crippen LogP contribution in [0, 0.1) is 0 Å². The highest BCUT2D eigenvalue weighted by atomic mass is 35.5. The molecule has 0 spiro atoms. The van der Waals surface area contributed by atoms with Crippen LogP contribution in [0.2, 0.25) is 5.02 Å². The van der Waals surface area contributed by atoms with Crippen molar-refractivity contribution >= 4 is 39.4 Å². The van der Waals surface area contributed by atoms with Crippen molar-refractivity contribution < 1.29 is 37.3 Å². The topological polar surface area (TPSA) is 120 Å². The molecule has 0 aliphatic heterocycles. The number of rotatable bonds is 9. The SMILES string of the molecule is COc1cc(OC)c(NS(=O)(=O)c2cc(C=CC(=O)O)cc(OC)c2OC)cc1Cl. The number of anilines is 1. The number of carbonyl (C=O) groups is 1. The van der Waals surface area contributed by atoms with Crippen molar-refractivity contribution in [2.75, 3.05) is 33.2 Å². The Hall–Kier alpha value is -3.11. The zero-order valence-corrected chi connectivity index (χ0v) is 18.1. The molecule has 2 aromatic carbocycles. The highest BCUT2D eigenvalue weighted by molar-refractivity contribution is 7.92. The Labute approximate surface area is 178 Å². The second-order valence-electron chi connectivity index (χ2n) is 5.72. The lowest BCUT2D eigenvalue weighted by Crippen LogP contribution is -2.15. The van der Waals surface area contributed by atoms with Crippen LogP contribution in [-0.4, -0.2) is 47.9 Å². The lowest BCUT2D eigenvalue weighted by Gasteiger charge is -2.17. The maximum atomic E-state index is 13.2. The number of carboxylic acids is 1. The lowest BCUT2D eigenvalue weighted by atomic mass is 10.2. The quantitative estimate of drug-likeness (QED) is 0.550. The van der Waals surface area contributed by atoms with Crippen molar-refractivity contribution in [3.8, 4) is 23.0 Å². The number of aliphatic carboxylic acids is 1. The first-order chi connectivity index (χ1) is 14.2. The molecule has 162 valence electrons. The Balaban J connectivity index is 2.62. The molecular weight excluding hydrogens is 438 g/mol. The van der Waals surface area contributed by atoms with Crippen LogP contribution >= 0.6 is 11.6 Å². The van der Waals surface area contributed by atoms with E-state index in [0.717, 1.165) is 6.08 Å². The number of benzene rings is 2. The van der Waals surface area contributed by atoms with E-state index in [1.807, 2.05) is 0 Å². The molecule has 0 unspecified atom stereocenters. The molecule has 0 aliphatic carbocycles. The van der Waals surface area contributed by atoms with Gasteiger partial charge in [0.15, 0.2) is 11.5 Å². The van der Waals surface area contributed by atoms with Crippen LogP contribution in [0.1, 0.15) is 5.56 Å². The Morgan fingerprint density at radius 3 is 2.13 bits per heavy atom. The van der Waals surface area contributed by atoms with E-state index in [0.29, 0.717) is 5.75 Å². The van der Waals surface area contributed by atoms with E-state index < -0.39 is 16.0 Å². The van der Waals surface area contributed by atoms with Gasteiger partial charge in [-0.15, -0.1) is 0 Å². The van der Waals surface area contributed by atoms with Gasteiger partial charge < -0.3 is 24.1 Å². The molecule has 2 rings (SSSR count). The molecule has 0 radical (unpaired) electrons. The molecule has 2 aromatic rings. The number of hydrogen-bond donors (Lipinski definition) is 2. The number of carboxylic acid groups (broad SMARTS) is 1. The molecule has 9 nitrogen and oxygen atoms in total. The van der Waals surface area contributed by atoms with Gasteiger partial charge in [-0.2, -0.15) is 0 Å². The lowest BCUT2D eigenvalue weighted by molar-refractivity contribution is -0.131. The zero-order chi connectivity index (χ0) is 22.5. The third-order valence-electron chi connectivity index (χ3n) is 3.89. The van der Waals surface area contributed by atoms with E-state index in [-0.39, 0.29) is 38.4 Å². The number of sulfonamides is 1. The Morgan fingerprint density at radius 1 is 0.967 bits per heavy atom. The fourth-order valence-electron chi connectivity index (χ4n) is 2.55. The van der Waals surface area contributed by atoms with Crippen molar-refractivity contribution in [1.82, 2.24) is 0 Å². The predicted octanol–water partition coefficient (Wildman–Crippen LogP) is 3.27. The minimum absolute atomic E-state index is 0.0592. The molecule has 11 heteroatoms. The van der Waals surface area contributed by atoms with Crippen LogP contribution in [0.25, 0.3) is 6.08 Å². The Kier molecular flexibility index (Phi) is 7.41. The average molecular weight is 458 g/mol. The van der Waals surface area contributed by atoms with E-state index in [9.17, 15) is 13.2 Å². The molecule has 0 heterocycles. The first-order valence-electron chi connectivity index (χ1n) is 8.28. The molecule has 2 N–H and O–H groups in total. The van der Waals surface area contributed by atoms with Crippen LogP contribution in [0.4, 0.5) is 5.69 Å². The predicted molar refractivity (Wildman–Crippen MR) is 112 cm³/mol.